The molecular formula is C15H32O4. The molecule has 0 aliphatic rings. The molecule has 0 rings (SSSR count). The standard InChI is InChI=1S/C15H32O4/c1-6-10-12-17-14(16-8-3)15(5,18-9-4)19-13-11-7-2/h14H,6-13H2,1-5H3. The molecule has 2 atom stereocenters. The Hall–Kier alpha value is -0.160. The Labute approximate surface area is 118 Å². The van der Waals surface area contributed by atoms with E-state index in [1.165, 1.54) is 0 Å². The van der Waals surface area contributed by atoms with Crippen molar-refractivity contribution in [2.24, 2.45) is 0 Å². The number of hydrogen-bond acceptors (Lipinski definition) is 4. The maximum absolute atomic E-state index is 5.88. The van der Waals surface area contributed by atoms with Gasteiger partial charge in [-0.1, -0.05) is 26.7 Å². The van der Waals surface area contributed by atoms with Crippen molar-refractivity contribution in [3.8, 4) is 0 Å². The smallest absolute Gasteiger partial charge is 0.217 e. The predicted molar refractivity (Wildman–Crippen MR) is 77.2 cm³/mol. The van der Waals surface area contributed by atoms with Crippen LogP contribution in [0.15, 0.2) is 0 Å². The van der Waals surface area contributed by atoms with Crippen molar-refractivity contribution in [2.75, 3.05) is 26.4 Å². The van der Waals surface area contributed by atoms with Crippen LogP contribution in [0.4, 0.5) is 0 Å². The molecule has 2 unspecified atom stereocenters. The average molecular weight is 276 g/mol. The Morgan fingerprint density at radius 2 is 1.42 bits per heavy atom. The summed E-state index contributed by atoms with van der Waals surface area (Å²) in [6, 6.07) is 0. The topological polar surface area (TPSA) is 36.9 Å². The van der Waals surface area contributed by atoms with Gasteiger partial charge in [0.2, 0.25) is 12.1 Å². The van der Waals surface area contributed by atoms with Crippen LogP contribution in [0, 0.1) is 0 Å². The van der Waals surface area contributed by atoms with E-state index in [2.05, 4.69) is 13.8 Å². The third kappa shape index (κ3) is 7.88. The summed E-state index contributed by atoms with van der Waals surface area (Å²) < 4.78 is 23.1. The second-order valence-electron chi connectivity index (χ2n) is 4.66. The van der Waals surface area contributed by atoms with Gasteiger partial charge in [0, 0.05) is 19.8 Å². The summed E-state index contributed by atoms with van der Waals surface area (Å²) in [5, 5.41) is 0. The first-order valence-electron chi connectivity index (χ1n) is 7.65. The van der Waals surface area contributed by atoms with Crippen LogP contribution < -0.4 is 0 Å². The first kappa shape index (κ1) is 18.8. The fraction of sp³-hybridized carbons (Fsp3) is 1.00. The lowest BCUT2D eigenvalue weighted by Gasteiger charge is -2.36. The maximum atomic E-state index is 5.88. The van der Waals surface area contributed by atoms with Gasteiger partial charge in [0.05, 0.1) is 6.61 Å². The highest BCUT2D eigenvalue weighted by Gasteiger charge is 2.38. The molecular weight excluding hydrogens is 244 g/mol. The third-order valence-electron chi connectivity index (χ3n) is 2.83. The molecule has 0 N–H and O–H groups in total. The van der Waals surface area contributed by atoms with Gasteiger partial charge in [-0.05, 0) is 33.6 Å². The van der Waals surface area contributed by atoms with Gasteiger partial charge in [-0.3, -0.25) is 0 Å². The van der Waals surface area contributed by atoms with Crippen LogP contribution in [0.5, 0.6) is 0 Å². The molecule has 0 aromatic carbocycles. The first-order chi connectivity index (χ1) is 9.14. The molecule has 4 nitrogen and oxygen atoms in total. The van der Waals surface area contributed by atoms with Gasteiger partial charge < -0.3 is 18.9 Å². The molecule has 0 amide bonds. The first-order valence-corrected chi connectivity index (χ1v) is 7.65. The van der Waals surface area contributed by atoms with Crippen LogP contribution in [0.25, 0.3) is 0 Å². The second-order valence-corrected chi connectivity index (χ2v) is 4.66. The molecule has 0 aliphatic carbocycles. The summed E-state index contributed by atoms with van der Waals surface area (Å²) in [5.74, 6) is -0.826. The van der Waals surface area contributed by atoms with Crippen LogP contribution in [0.1, 0.15) is 60.3 Å². The lowest BCUT2D eigenvalue weighted by Crippen LogP contribution is -2.48. The summed E-state index contributed by atoms with van der Waals surface area (Å²) in [5.41, 5.74) is 0. The average Bonchev–Trinajstić information content (AvgIpc) is 2.38. The van der Waals surface area contributed by atoms with E-state index in [9.17, 15) is 0 Å². The van der Waals surface area contributed by atoms with Gasteiger partial charge in [-0.25, -0.2) is 0 Å². The van der Waals surface area contributed by atoms with Crippen molar-refractivity contribution in [1.29, 1.82) is 0 Å². The number of unbranched alkanes of at least 4 members (excludes halogenated alkanes) is 2. The third-order valence-corrected chi connectivity index (χ3v) is 2.83. The van der Waals surface area contributed by atoms with Gasteiger partial charge >= 0.3 is 0 Å². The van der Waals surface area contributed by atoms with Gasteiger partial charge in [-0.2, -0.15) is 0 Å². The lowest BCUT2D eigenvalue weighted by atomic mass is 10.3. The molecule has 19 heavy (non-hydrogen) atoms. The SMILES string of the molecule is CCCCOC(OCC)C(C)(OCC)OCCCC. The molecule has 0 aromatic rings. The van der Waals surface area contributed by atoms with E-state index in [0.717, 1.165) is 25.7 Å². The van der Waals surface area contributed by atoms with Crippen LogP contribution in [0.2, 0.25) is 0 Å². The molecule has 116 valence electrons. The molecule has 0 aliphatic heterocycles. The second kappa shape index (κ2) is 11.6. The highest BCUT2D eigenvalue weighted by atomic mass is 16.8. The van der Waals surface area contributed by atoms with Crippen LogP contribution in [0.3, 0.4) is 0 Å². The summed E-state index contributed by atoms with van der Waals surface area (Å²) in [6.07, 6.45) is 3.75. The van der Waals surface area contributed by atoms with Crippen molar-refractivity contribution in [2.45, 2.75) is 72.4 Å². The van der Waals surface area contributed by atoms with Gasteiger partial charge in [0.1, 0.15) is 0 Å². The predicted octanol–water partition coefficient (Wildman–Crippen LogP) is 3.74. The number of hydrogen-bond donors (Lipinski definition) is 0. The van der Waals surface area contributed by atoms with E-state index in [0.29, 0.717) is 26.4 Å². The van der Waals surface area contributed by atoms with Crippen LogP contribution >= 0.6 is 0 Å². The van der Waals surface area contributed by atoms with Crippen molar-refractivity contribution in [1.82, 2.24) is 0 Å². The fourth-order valence-electron chi connectivity index (χ4n) is 1.72. The molecule has 0 saturated carbocycles. The van der Waals surface area contributed by atoms with Gasteiger partial charge in [-0.15, -0.1) is 0 Å². The molecule has 0 saturated heterocycles. The quantitative estimate of drug-likeness (QED) is 0.379. The van der Waals surface area contributed by atoms with Crippen molar-refractivity contribution in [3.05, 3.63) is 0 Å². The highest BCUT2D eigenvalue weighted by molar-refractivity contribution is 4.69. The highest BCUT2D eigenvalue weighted by Crippen LogP contribution is 2.23. The minimum atomic E-state index is -0.826. The molecule has 4 heteroatoms. The van der Waals surface area contributed by atoms with E-state index in [1.807, 2.05) is 20.8 Å². The Kier molecular flexibility index (Phi) is 11.6. The van der Waals surface area contributed by atoms with Crippen molar-refractivity contribution in [3.63, 3.8) is 0 Å². The van der Waals surface area contributed by atoms with Crippen molar-refractivity contribution >= 4 is 0 Å². The zero-order valence-electron chi connectivity index (χ0n) is 13.4. The fourth-order valence-corrected chi connectivity index (χ4v) is 1.72. The largest absolute Gasteiger partial charge is 0.348 e. The summed E-state index contributed by atoms with van der Waals surface area (Å²) in [4.78, 5) is 0. The summed E-state index contributed by atoms with van der Waals surface area (Å²) in [7, 11) is 0. The molecule has 0 spiro atoms. The Morgan fingerprint density at radius 3 is 1.95 bits per heavy atom. The van der Waals surface area contributed by atoms with E-state index >= 15 is 0 Å². The zero-order valence-corrected chi connectivity index (χ0v) is 13.4. The van der Waals surface area contributed by atoms with E-state index < -0.39 is 12.1 Å². The molecule has 0 radical (unpaired) electrons. The van der Waals surface area contributed by atoms with Gasteiger partial charge in [0.25, 0.3) is 0 Å². The van der Waals surface area contributed by atoms with Crippen molar-refractivity contribution < 1.29 is 18.9 Å². The Balaban J connectivity index is 4.51. The van der Waals surface area contributed by atoms with Crippen LogP contribution in [-0.4, -0.2) is 38.5 Å². The number of ether oxygens (including phenoxy) is 4. The van der Waals surface area contributed by atoms with E-state index in [4.69, 9.17) is 18.9 Å². The molecule has 0 bridgehead atoms. The minimum absolute atomic E-state index is 0.471. The van der Waals surface area contributed by atoms with Gasteiger partial charge in [0.15, 0.2) is 0 Å². The Morgan fingerprint density at radius 1 is 0.789 bits per heavy atom. The molecule has 0 heterocycles. The normalized spacial score (nSPS) is 16.3. The maximum Gasteiger partial charge on any atom is 0.217 e. The summed E-state index contributed by atoms with van der Waals surface area (Å²) in [6.45, 7) is 12.6. The number of rotatable bonds is 13. The Bertz CT molecular complexity index is 199. The van der Waals surface area contributed by atoms with E-state index in [-0.39, 0.29) is 0 Å². The minimum Gasteiger partial charge on any atom is -0.348 e. The molecule has 0 aromatic heterocycles. The van der Waals surface area contributed by atoms with E-state index in [1.54, 1.807) is 0 Å². The monoisotopic (exact) mass is 276 g/mol. The summed E-state index contributed by atoms with van der Waals surface area (Å²) >= 11 is 0. The lowest BCUT2D eigenvalue weighted by molar-refractivity contribution is -0.343. The van der Waals surface area contributed by atoms with Crippen LogP contribution in [-0.2, 0) is 18.9 Å². The molecule has 0 fully saturated rings. The zero-order chi connectivity index (χ0) is 14.6.